The predicted molar refractivity (Wildman–Crippen MR) is 103 cm³/mol. The highest BCUT2D eigenvalue weighted by Crippen LogP contribution is 2.25. The fourth-order valence-corrected chi connectivity index (χ4v) is 2.96. The lowest BCUT2D eigenvalue weighted by molar-refractivity contribution is -0.178. The second-order valence-electron chi connectivity index (χ2n) is 6.39. The predicted octanol–water partition coefficient (Wildman–Crippen LogP) is 3.79. The van der Waals surface area contributed by atoms with Crippen molar-refractivity contribution in [2.24, 2.45) is 11.8 Å². The third kappa shape index (κ3) is 8.53. The molecule has 7 nitrogen and oxygen atoms in total. The molecule has 0 fully saturated rings. The maximum absolute atomic E-state index is 12.0. The van der Waals surface area contributed by atoms with Crippen molar-refractivity contribution < 1.29 is 29.0 Å². The molecule has 1 rings (SSSR count). The Morgan fingerprint density at radius 2 is 1.85 bits per heavy atom. The SMILES string of the molecule is CC(C)C(=O)O[C@@H](OC(=O)NC[C@H](Sc1cccc(Cl)c1)C(=O)O)C(C)C. The van der Waals surface area contributed by atoms with Gasteiger partial charge in [0.2, 0.25) is 0 Å². The highest BCUT2D eigenvalue weighted by molar-refractivity contribution is 8.00. The fraction of sp³-hybridized carbons (Fsp3) is 0.500. The van der Waals surface area contributed by atoms with E-state index >= 15 is 0 Å². The molecule has 0 aliphatic rings. The van der Waals surface area contributed by atoms with Gasteiger partial charge in [-0.05, 0) is 18.2 Å². The van der Waals surface area contributed by atoms with Crippen LogP contribution < -0.4 is 5.32 Å². The highest BCUT2D eigenvalue weighted by Gasteiger charge is 2.25. The number of carbonyl (C=O) groups is 3. The smallest absolute Gasteiger partial charge is 0.410 e. The van der Waals surface area contributed by atoms with E-state index in [9.17, 15) is 19.5 Å². The molecule has 0 unspecified atom stereocenters. The number of alkyl carbamates (subject to hydrolysis) is 1. The molecule has 1 aromatic carbocycles. The number of halogens is 1. The van der Waals surface area contributed by atoms with Gasteiger partial charge in [-0.3, -0.25) is 9.59 Å². The number of thioether (sulfide) groups is 1. The minimum absolute atomic E-state index is 0.172. The Labute approximate surface area is 167 Å². The van der Waals surface area contributed by atoms with E-state index in [1.807, 2.05) is 0 Å². The van der Waals surface area contributed by atoms with Crippen molar-refractivity contribution in [3.63, 3.8) is 0 Å². The number of rotatable bonds is 9. The molecule has 0 saturated carbocycles. The Hall–Kier alpha value is -1.93. The lowest BCUT2D eigenvalue weighted by Crippen LogP contribution is -2.39. The van der Waals surface area contributed by atoms with E-state index in [2.05, 4.69) is 5.32 Å². The zero-order valence-corrected chi connectivity index (χ0v) is 17.2. The standard InChI is InChI=1S/C18H24ClNO6S/c1-10(2)16(23)25-17(11(3)4)26-18(24)20-9-14(15(21)22)27-13-7-5-6-12(19)8-13/h5-8,10-11,14,17H,9H2,1-4H3,(H,20,24)(H,21,22)/t14-,17-/m0/s1. The summed E-state index contributed by atoms with van der Waals surface area (Å²) in [7, 11) is 0. The van der Waals surface area contributed by atoms with Crippen LogP contribution in [-0.4, -0.2) is 41.2 Å². The molecule has 0 aliphatic carbocycles. The summed E-state index contributed by atoms with van der Waals surface area (Å²) in [6, 6.07) is 6.76. The molecule has 0 heterocycles. The lowest BCUT2D eigenvalue weighted by Gasteiger charge is -2.23. The summed E-state index contributed by atoms with van der Waals surface area (Å²) in [6.07, 6.45) is -1.91. The molecular formula is C18H24ClNO6S. The van der Waals surface area contributed by atoms with Crippen LogP contribution in [0.1, 0.15) is 27.7 Å². The first-order chi connectivity index (χ1) is 12.6. The number of aliphatic carboxylic acids is 1. The molecule has 9 heteroatoms. The number of ether oxygens (including phenoxy) is 2. The number of amides is 1. The molecular weight excluding hydrogens is 394 g/mol. The van der Waals surface area contributed by atoms with E-state index in [1.54, 1.807) is 52.0 Å². The summed E-state index contributed by atoms with van der Waals surface area (Å²) in [5.74, 6) is -2.19. The van der Waals surface area contributed by atoms with Gasteiger partial charge in [0.15, 0.2) is 0 Å². The molecule has 0 spiro atoms. The van der Waals surface area contributed by atoms with E-state index < -0.39 is 29.6 Å². The number of carboxylic acids is 1. The highest BCUT2D eigenvalue weighted by atomic mass is 35.5. The molecule has 150 valence electrons. The topological polar surface area (TPSA) is 102 Å². The van der Waals surface area contributed by atoms with Crippen LogP contribution in [0.3, 0.4) is 0 Å². The van der Waals surface area contributed by atoms with Crippen LogP contribution in [0.15, 0.2) is 29.2 Å². The van der Waals surface area contributed by atoms with Crippen molar-refractivity contribution in [3.8, 4) is 0 Å². The Balaban J connectivity index is 2.62. The number of hydrogen-bond donors (Lipinski definition) is 2. The average Bonchev–Trinajstić information content (AvgIpc) is 2.57. The van der Waals surface area contributed by atoms with Gasteiger partial charge < -0.3 is 19.9 Å². The Bertz CT molecular complexity index is 667. The zero-order chi connectivity index (χ0) is 20.6. The summed E-state index contributed by atoms with van der Waals surface area (Å²) in [5, 5.41) is 11.3. The van der Waals surface area contributed by atoms with Crippen molar-refractivity contribution in [3.05, 3.63) is 29.3 Å². The molecule has 1 aromatic rings. The van der Waals surface area contributed by atoms with Gasteiger partial charge in [0, 0.05) is 22.4 Å². The number of carbonyl (C=O) groups excluding carboxylic acids is 2. The third-order valence-electron chi connectivity index (χ3n) is 3.25. The monoisotopic (exact) mass is 417 g/mol. The van der Waals surface area contributed by atoms with Crippen LogP contribution >= 0.6 is 23.4 Å². The molecule has 2 N–H and O–H groups in total. The minimum atomic E-state index is -1.09. The van der Waals surface area contributed by atoms with Gasteiger partial charge >= 0.3 is 18.0 Å². The first kappa shape index (κ1) is 23.1. The molecule has 0 aliphatic heterocycles. The van der Waals surface area contributed by atoms with Crippen molar-refractivity contribution >= 4 is 41.4 Å². The fourth-order valence-electron chi connectivity index (χ4n) is 1.75. The first-order valence-corrected chi connectivity index (χ1v) is 9.66. The number of benzene rings is 1. The summed E-state index contributed by atoms with van der Waals surface area (Å²) >= 11 is 6.95. The molecule has 27 heavy (non-hydrogen) atoms. The van der Waals surface area contributed by atoms with E-state index in [4.69, 9.17) is 21.1 Å². The van der Waals surface area contributed by atoms with E-state index in [1.165, 1.54) is 0 Å². The normalized spacial score (nSPS) is 13.1. The summed E-state index contributed by atoms with van der Waals surface area (Å²) in [5.41, 5.74) is 0. The second-order valence-corrected chi connectivity index (χ2v) is 8.10. The first-order valence-electron chi connectivity index (χ1n) is 8.40. The van der Waals surface area contributed by atoms with Crippen molar-refractivity contribution in [1.82, 2.24) is 5.32 Å². The molecule has 0 saturated heterocycles. The third-order valence-corrected chi connectivity index (χ3v) is 4.67. The quantitative estimate of drug-likeness (QED) is 0.358. The molecule has 0 radical (unpaired) electrons. The summed E-state index contributed by atoms with van der Waals surface area (Å²) in [4.78, 5) is 35.8. The number of hydrogen-bond acceptors (Lipinski definition) is 6. The Kier molecular flexibility index (Phi) is 9.45. The van der Waals surface area contributed by atoms with Crippen LogP contribution in [0.25, 0.3) is 0 Å². The minimum Gasteiger partial charge on any atom is -0.480 e. The zero-order valence-electron chi connectivity index (χ0n) is 15.6. The van der Waals surface area contributed by atoms with Gasteiger partial charge in [-0.15, -0.1) is 11.8 Å². The van der Waals surface area contributed by atoms with Gasteiger partial charge in [-0.1, -0.05) is 45.4 Å². The van der Waals surface area contributed by atoms with Crippen molar-refractivity contribution in [1.29, 1.82) is 0 Å². The average molecular weight is 418 g/mol. The van der Waals surface area contributed by atoms with Crippen LogP contribution in [0.5, 0.6) is 0 Å². The van der Waals surface area contributed by atoms with Crippen molar-refractivity contribution in [2.75, 3.05) is 6.54 Å². The second kappa shape index (κ2) is 11.0. The summed E-state index contributed by atoms with van der Waals surface area (Å²) in [6.45, 7) is 6.64. The van der Waals surface area contributed by atoms with E-state index in [0.717, 1.165) is 11.8 Å². The Morgan fingerprint density at radius 3 is 2.37 bits per heavy atom. The van der Waals surface area contributed by atoms with Crippen LogP contribution in [-0.2, 0) is 19.1 Å². The van der Waals surface area contributed by atoms with E-state index in [-0.39, 0.29) is 18.4 Å². The van der Waals surface area contributed by atoms with Crippen molar-refractivity contribution in [2.45, 2.75) is 44.1 Å². The molecule has 0 aromatic heterocycles. The van der Waals surface area contributed by atoms with Gasteiger partial charge in [-0.25, -0.2) is 4.79 Å². The largest absolute Gasteiger partial charge is 0.480 e. The number of nitrogens with one attached hydrogen (secondary N) is 1. The van der Waals surface area contributed by atoms with Gasteiger partial charge in [0.25, 0.3) is 6.29 Å². The Morgan fingerprint density at radius 1 is 1.19 bits per heavy atom. The van der Waals surface area contributed by atoms with Crippen LogP contribution in [0, 0.1) is 11.8 Å². The van der Waals surface area contributed by atoms with Gasteiger partial charge in [-0.2, -0.15) is 0 Å². The molecule has 0 bridgehead atoms. The molecule has 1 amide bonds. The maximum Gasteiger partial charge on any atom is 0.410 e. The van der Waals surface area contributed by atoms with E-state index in [0.29, 0.717) is 9.92 Å². The maximum atomic E-state index is 12.0. The van der Waals surface area contributed by atoms with Gasteiger partial charge in [0.1, 0.15) is 5.25 Å². The van der Waals surface area contributed by atoms with Crippen LogP contribution in [0.4, 0.5) is 4.79 Å². The molecule has 2 atom stereocenters. The van der Waals surface area contributed by atoms with Gasteiger partial charge in [0.05, 0.1) is 5.92 Å². The lowest BCUT2D eigenvalue weighted by atomic mass is 10.2. The van der Waals surface area contributed by atoms with Crippen LogP contribution in [0.2, 0.25) is 5.02 Å². The number of carboxylic acid groups (broad SMARTS) is 1. The number of esters is 1. The summed E-state index contributed by atoms with van der Waals surface area (Å²) < 4.78 is 10.3.